The van der Waals surface area contributed by atoms with Gasteiger partial charge < -0.3 is 13.7 Å². The molecule has 0 radical (unpaired) electrons. The van der Waals surface area contributed by atoms with Crippen LogP contribution in [0.3, 0.4) is 0 Å². The first-order valence-electron chi connectivity index (χ1n) is 24.0. The minimum absolute atomic E-state index is 0.944. The van der Waals surface area contributed by atoms with Crippen molar-refractivity contribution in [3.05, 3.63) is 248 Å². The highest BCUT2D eigenvalue weighted by Crippen LogP contribution is 2.40. The Morgan fingerprint density at radius 3 is 1.23 bits per heavy atom. The molecule has 4 aromatic heterocycles. The molecule has 0 spiro atoms. The lowest BCUT2D eigenvalue weighted by Gasteiger charge is -2.16. The van der Waals surface area contributed by atoms with Gasteiger partial charge in [0.1, 0.15) is 5.82 Å². The number of rotatable bonds is 7. The first-order chi connectivity index (χ1) is 34.6. The molecule has 5 heteroatoms. The predicted octanol–water partition coefficient (Wildman–Crippen LogP) is 16.8. The highest BCUT2D eigenvalue weighted by atomic mass is 15.1. The summed E-state index contributed by atoms with van der Waals surface area (Å²) in [5.41, 5.74) is 20.0. The zero-order valence-corrected chi connectivity index (χ0v) is 38.8. The molecule has 0 aliphatic carbocycles. The fraction of sp³-hybridized carbons (Fsp3) is 0.0308. The van der Waals surface area contributed by atoms with Gasteiger partial charge in [-0.2, -0.15) is 0 Å². The average molecular weight is 896 g/mol. The SMILES string of the molecule is Cc1cc(-c2ccc3c(c2)c2ccccc2n3-c2cccc(-n3c4ccccc4c4cc(-c5cccc(-n6c7ccccc7c7ccccc76)c5)ccc43)c2)cc(C)c1-n1ccnc1-c1ccccc1. The minimum Gasteiger partial charge on any atom is -0.309 e. The van der Waals surface area contributed by atoms with E-state index in [4.69, 9.17) is 4.98 Å². The smallest absolute Gasteiger partial charge is 0.144 e. The van der Waals surface area contributed by atoms with E-state index in [1.807, 2.05) is 12.3 Å². The second-order valence-corrected chi connectivity index (χ2v) is 18.6. The number of hydrogen-bond donors (Lipinski definition) is 0. The van der Waals surface area contributed by atoms with Crippen molar-refractivity contribution in [3.8, 4) is 56.4 Å². The molecule has 0 amide bonds. The van der Waals surface area contributed by atoms with Crippen molar-refractivity contribution >= 4 is 65.4 Å². The summed E-state index contributed by atoms with van der Waals surface area (Å²) in [7, 11) is 0. The Bertz CT molecular complexity index is 4310. The maximum atomic E-state index is 4.76. The number of fused-ring (bicyclic) bond motifs is 9. The van der Waals surface area contributed by atoms with Crippen molar-refractivity contribution in [2.24, 2.45) is 0 Å². The molecule has 0 aliphatic rings. The van der Waals surface area contributed by atoms with Crippen LogP contribution in [0.4, 0.5) is 0 Å². The van der Waals surface area contributed by atoms with Crippen LogP contribution in [0, 0.1) is 13.8 Å². The van der Waals surface area contributed by atoms with Crippen LogP contribution in [0.1, 0.15) is 11.1 Å². The second-order valence-electron chi connectivity index (χ2n) is 18.6. The van der Waals surface area contributed by atoms with E-state index in [-0.39, 0.29) is 0 Å². The van der Waals surface area contributed by atoms with Crippen molar-refractivity contribution in [1.29, 1.82) is 0 Å². The Labute approximate surface area is 405 Å². The van der Waals surface area contributed by atoms with Gasteiger partial charge in [0.25, 0.3) is 0 Å². The summed E-state index contributed by atoms with van der Waals surface area (Å²) in [5, 5.41) is 7.44. The van der Waals surface area contributed by atoms with E-state index < -0.39 is 0 Å². The molecule has 0 fully saturated rings. The summed E-state index contributed by atoms with van der Waals surface area (Å²) in [6.45, 7) is 4.42. The first kappa shape index (κ1) is 39.9. The highest BCUT2D eigenvalue weighted by molar-refractivity contribution is 6.12. The molecule has 10 aromatic carbocycles. The molecule has 70 heavy (non-hydrogen) atoms. The largest absolute Gasteiger partial charge is 0.309 e. The van der Waals surface area contributed by atoms with Gasteiger partial charge in [-0.05, 0) is 138 Å². The van der Waals surface area contributed by atoms with Crippen LogP contribution in [0.15, 0.2) is 237 Å². The number of aryl methyl sites for hydroxylation is 2. The Balaban J connectivity index is 0.856. The zero-order valence-electron chi connectivity index (χ0n) is 38.8. The van der Waals surface area contributed by atoms with Crippen LogP contribution in [-0.4, -0.2) is 23.3 Å². The summed E-state index contributed by atoms with van der Waals surface area (Å²) >= 11 is 0. The third-order valence-corrected chi connectivity index (χ3v) is 14.4. The summed E-state index contributed by atoms with van der Waals surface area (Å²) < 4.78 is 9.48. The Morgan fingerprint density at radius 2 is 0.700 bits per heavy atom. The lowest BCUT2D eigenvalue weighted by Crippen LogP contribution is -2.02. The molecular weight excluding hydrogens is 851 g/mol. The van der Waals surface area contributed by atoms with Crippen LogP contribution in [-0.2, 0) is 0 Å². The predicted molar refractivity (Wildman–Crippen MR) is 292 cm³/mol. The van der Waals surface area contributed by atoms with Crippen LogP contribution in [0.2, 0.25) is 0 Å². The number of aromatic nitrogens is 5. The van der Waals surface area contributed by atoms with Gasteiger partial charge in [-0.25, -0.2) is 4.98 Å². The normalized spacial score (nSPS) is 11.9. The molecule has 0 saturated heterocycles. The van der Waals surface area contributed by atoms with Crippen molar-refractivity contribution in [2.45, 2.75) is 13.8 Å². The molecule has 0 aliphatic heterocycles. The maximum Gasteiger partial charge on any atom is 0.144 e. The zero-order chi connectivity index (χ0) is 46.5. The fourth-order valence-electron chi connectivity index (χ4n) is 11.4. The average Bonchev–Trinajstić information content (AvgIpc) is 4.19. The van der Waals surface area contributed by atoms with Gasteiger partial charge in [0.2, 0.25) is 0 Å². The minimum atomic E-state index is 0.944. The lowest BCUT2D eigenvalue weighted by atomic mass is 9.97. The van der Waals surface area contributed by atoms with E-state index in [1.54, 1.807) is 0 Å². The van der Waals surface area contributed by atoms with E-state index in [1.165, 1.54) is 104 Å². The van der Waals surface area contributed by atoms with Crippen LogP contribution < -0.4 is 0 Å². The molecule has 0 bridgehead atoms. The van der Waals surface area contributed by atoms with Crippen LogP contribution in [0.25, 0.3) is 122 Å². The summed E-state index contributed by atoms with van der Waals surface area (Å²) in [6, 6.07) is 82.0. The van der Waals surface area contributed by atoms with Crippen molar-refractivity contribution in [1.82, 2.24) is 23.3 Å². The molecular formula is C65H45N5. The third-order valence-electron chi connectivity index (χ3n) is 14.4. The standard InChI is InChI=1S/C65H45N5/c1-42-36-48(37-43(2)64(42)67-35-34-66-65(67)44-16-4-3-5-17-44)47-31-33-63-57(40-47)55-25-9-13-29-61(55)70(63)51-21-15-20-50(41-51)69-60-28-12-8-24-54(60)56-39-46(30-32-62(56)69)45-18-14-19-49(38-45)68-58-26-10-6-22-52(58)53-23-7-11-27-59(53)68/h3-41H,1-2H3. The lowest BCUT2D eigenvalue weighted by molar-refractivity contribution is 1.03. The number of imidazole rings is 1. The van der Waals surface area contributed by atoms with Gasteiger partial charge >= 0.3 is 0 Å². The molecule has 14 aromatic rings. The number of hydrogen-bond acceptors (Lipinski definition) is 1. The van der Waals surface area contributed by atoms with Gasteiger partial charge in [0.15, 0.2) is 0 Å². The molecule has 0 N–H and O–H groups in total. The van der Waals surface area contributed by atoms with Crippen molar-refractivity contribution < 1.29 is 0 Å². The van der Waals surface area contributed by atoms with Gasteiger partial charge in [-0.15, -0.1) is 0 Å². The van der Waals surface area contributed by atoms with Crippen LogP contribution >= 0.6 is 0 Å². The number of benzene rings is 10. The number of nitrogens with zero attached hydrogens (tertiary/aromatic N) is 5. The molecule has 5 nitrogen and oxygen atoms in total. The molecule has 14 rings (SSSR count). The third kappa shape index (κ3) is 6.15. The van der Waals surface area contributed by atoms with Gasteiger partial charge in [-0.1, -0.05) is 133 Å². The summed E-state index contributed by atoms with van der Waals surface area (Å²) in [6.07, 6.45) is 3.96. The van der Waals surface area contributed by atoms with Gasteiger partial charge in [0.05, 0.1) is 38.8 Å². The first-order valence-corrected chi connectivity index (χ1v) is 24.0. The molecule has 330 valence electrons. The van der Waals surface area contributed by atoms with Crippen molar-refractivity contribution in [3.63, 3.8) is 0 Å². The summed E-state index contributed by atoms with van der Waals surface area (Å²) in [5.74, 6) is 0.944. The maximum absolute atomic E-state index is 4.76. The highest BCUT2D eigenvalue weighted by Gasteiger charge is 2.19. The van der Waals surface area contributed by atoms with Gasteiger partial charge in [-0.3, -0.25) is 4.57 Å². The Morgan fingerprint density at radius 1 is 0.300 bits per heavy atom. The van der Waals surface area contributed by atoms with Crippen LogP contribution in [0.5, 0.6) is 0 Å². The topological polar surface area (TPSA) is 32.6 Å². The van der Waals surface area contributed by atoms with E-state index in [2.05, 4.69) is 257 Å². The number of para-hydroxylation sites is 4. The quantitative estimate of drug-likeness (QED) is 0.157. The van der Waals surface area contributed by atoms with Crippen molar-refractivity contribution in [2.75, 3.05) is 0 Å². The van der Waals surface area contributed by atoms with E-state index in [9.17, 15) is 0 Å². The second kappa shape index (κ2) is 15.7. The fourth-order valence-corrected chi connectivity index (χ4v) is 11.4. The van der Waals surface area contributed by atoms with Gasteiger partial charge in [0, 0.05) is 67.3 Å². The Hall–Kier alpha value is -9.19. The summed E-state index contributed by atoms with van der Waals surface area (Å²) in [4.78, 5) is 4.76. The van der Waals surface area contributed by atoms with E-state index >= 15 is 0 Å². The molecule has 0 saturated carbocycles. The van der Waals surface area contributed by atoms with E-state index in [0.717, 1.165) is 28.5 Å². The monoisotopic (exact) mass is 895 g/mol. The molecule has 0 atom stereocenters. The Kier molecular flexibility index (Phi) is 8.95. The molecule has 0 unspecified atom stereocenters. The van der Waals surface area contributed by atoms with E-state index in [0.29, 0.717) is 0 Å². The molecule has 4 heterocycles.